The molecule has 0 unspecified atom stereocenters. The molecule has 0 bridgehead atoms. The van der Waals surface area contributed by atoms with Crippen LogP contribution in [0.5, 0.6) is 0 Å². The Kier molecular flexibility index (Phi) is 7.61. The van der Waals surface area contributed by atoms with Crippen LogP contribution in [-0.4, -0.2) is 19.5 Å². The zero-order chi connectivity index (χ0) is 37.9. The van der Waals surface area contributed by atoms with Crippen molar-refractivity contribution in [3.63, 3.8) is 0 Å². The molecule has 0 spiro atoms. The summed E-state index contributed by atoms with van der Waals surface area (Å²) in [5.74, 6) is 1.92. The lowest BCUT2D eigenvalue weighted by Gasteiger charge is -2.13. The molecule has 2 heterocycles. The van der Waals surface area contributed by atoms with E-state index in [-0.39, 0.29) is 0 Å². The first kappa shape index (κ1) is 32.7. The second-order valence-corrected chi connectivity index (χ2v) is 14.5. The molecule has 1 aliphatic carbocycles. The summed E-state index contributed by atoms with van der Waals surface area (Å²) in [6.45, 7) is 4.57. The van der Waals surface area contributed by atoms with Crippen LogP contribution in [0.2, 0.25) is 0 Å². The van der Waals surface area contributed by atoms with E-state index in [0.29, 0.717) is 17.5 Å². The summed E-state index contributed by atoms with van der Waals surface area (Å²) in [5, 5.41) is 2.48. The molecule has 0 saturated heterocycles. The van der Waals surface area contributed by atoms with E-state index in [0.717, 1.165) is 61.3 Å². The molecular formula is C53H34N4. The maximum Gasteiger partial charge on any atom is 0.164 e. The Bertz CT molecular complexity index is 3120. The Labute approximate surface area is 330 Å². The summed E-state index contributed by atoms with van der Waals surface area (Å²) < 4.78 is 2.36. The molecule has 4 heteroatoms. The Morgan fingerprint density at radius 3 is 1.58 bits per heavy atom. The summed E-state index contributed by atoms with van der Waals surface area (Å²) in [7, 11) is 0. The lowest BCUT2D eigenvalue weighted by Crippen LogP contribution is -2.01. The Balaban J connectivity index is 1.02. The van der Waals surface area contributed by atoms with Crippen molar-refractivity contribution in [3.05, 3.63) is 212 Å². The average molecular weight is 727 g/mol. The summed E-state index contributed by atoms with van der Waals surface area (Å²) in [5.41, 5.74) is 16.5. The molecule has 4 nitrogen and oxygen atoms in total. The van der Waals surface area contributed by atoms with Gasteiger partial charge in [0.25, 0.3) is 0 Å². The highest BCUT2D eigenvalue weighted by Crippen LogP contribution is 2.49. The van der Waals surface area contributed by atoms with Crippen LogP contribution in [0.25, 0.3) is 101 Å². The number of aromatic nitrogens is 4. The molecule has 10 aromatic rings. The average Bonchev–Trinajstić information content (AvgIpc) is 3.78. The van der Waals surface area contributed by atoms with Crippen LogP contribution in [0.4, 0.5) is 0 Å². The third-order valence-corrected chi connectivity index (χ3v) is 11.2. The van der Waals surface area contributed by atoms with Crippen molar-refractivity contribution < 1.29 is 0 Å². The highest BCUT2D eigenvalue weighted by atomic mass is 15.0. The zero-order valence-corrected chi connectivity index (χ0v) is 31.0. The first-order chi connectivity index (χ1) is 28.2. The van der Waals surface area contributed by atoms with Gasteiger partial charge in [0.05, 0.1) is 11.0 Å². The van der Waals surface area contributed by atoms with Crippen molar-refractivity contribution in [1.82, 2.24) is 19.5 Å². The zero-order valence-electron chi connectivity index (χ0n) is 31.0. The maximum atomic E-state index is 5.11. The predicted octanol–water partition coefficient (Wildman–Crippen LogP) is 13.3. The summed E-state index contributed by atoms with van der Waals surface area (Å²) in [6, 6.07) is 68.4. The van der Waals surface area contributed by atoms with Crippen LogP contribution >= 0.6 is 0 Å². The first-order valence-electron chi connectivity index (χ1n) is 19.2. The highest BCUT2D eigenvalue weighted by Gasteiger charge is 2.27. The van der Waals surface area contributed by atoms with E-state index in [4.69, 9.17) is 15.0 Å². The maximum absolute atomic E-state index is 5.11. The van der Waals surface area contributed by atoms with Crippen molar-refractivity contribution in [3.8, 4) is 73.2 Å². The second-order valence-electron chi connectivity index (χ2n) is 14.5. The smallest absolute Gasteiger partial charge is 0.164 e. The van der Waals surface area contributed by atoms with Gasteiger partial charge in [-0.05, 0) is 87.0 Å². The number of hydrogen-bond acceptors (Lipinski definition) is 3. The van der Waals surface area contributed by atoms with Crippen molar-refractivity contribution in [2.24, 2.45) is 0 Å². The number of rotatable bonds is 6. The van der Waals surface area contributed by atoms with E-state index in [1.165, 1.54) is 32.9 Å². The minimum absolute atomic E-state index is 0.636. The third-order valence-electron chi connectivity index (χ3n) is 11.2. The number of benzene rings is 8. The quantitative estimate of drug-likeness (QED) is 0.171. The van der Waals surface area contributed by atoms with Gasteiger partial charge in [-0.3, -0.25) is 0 Å². The number of para-hydroxylation sites is 2. The summed E-state index contributed by atoms with van der Waals surface area (Å²) in [4.78, 5) is 15.2. The van der Waals surface area contributed by atoms with Gasteiger partial charge in [0.1, 0.15) is 0 Å². The van der Waals surface area contributed by atoms with Crippen LogP contribution in [0.1, 0.15) is 11.1 Å². The monoisotopic (exact) mass is 726 g/mol. The van der Waals surface area contributed by atoms with E-state index in [1.807, 2.05) is 60.7 Å². The molecule has 8 aromatic carbocycles. The lowest BCUT2D eigenvalue weighted by molar-refractivity contribution is 1.07. The van der Waals surface area contributed by atoms with Gasteiger partial charge in [-0.15, -0.1) is 0 Å². The van der Waals surface area contributed by atoms with Gasteiger partial charge >= 0.3 is 0 Å². The predicted molar refractivity (Wildman–Crippen MR) is 235 cm³/mol. The molecule has 0 N–H and O–H groups in total. The second kappa shape index (κ2) is 13.3. The lowest BCUT2D eigenvalue weighted by atomic mass is 9.94. The van der Waals surface area contributed by atoms with Gasteiger partial charge in [-0.2, -0.15) is 0 Å². The molecule has 0 aliphatic heterocycles. The van der Waals surface area contributed by atoms with Crippen molar-refractivity contribution >= 4 is 27.4 Å². The molecule has 1 aliphatic rings. The molecule has 266 valence electrons. The largest absolute Gasteiger partial charge is 0.309 e. The topological polar surface area (TPSA) is 43.6 Å². The highest BCUT2D eigenvalue weighted by molar-refractivity contribution is 6.11. The van der Waals surface area contributed by atoms with Crippen LogP contribution < -0.4 is 0 Å². The van der Waals surface area contributed by atoms with E-state index in [1.54, 1.807) is 0 Å². The van der Waals surface area contributed by atoms with Gasteiger partial charge in [-0.25, -0.2) is 15.0 Å². The molecule has 0 amide bonds. The molecule has 57 heavy (non-hydrogen) atoms. The fourth-order valence-electron chi connectivity index (χ4n) is 8.43. The van der Waals surface area contributed by atoms with E-state index >= 15 is 0 Å². The molecule has 0 fully saturated rings. The summed E-state index contributed by atoms with van der Waals surface area (Å²) in [6.07, 6.45) is 0. The van der Waals surface area contributed by atoms with Gasteiger partial charge in [-0.1, -0.05) is 158 Å². The van der Waals surface area contributed by atoms with E-state index < -0.39 is 0 Å². The van der Waals surface area contributed by atoms with Gasteiger partial charge < -0.3 is 4.57 Å². The van der Waals surface area contributed by atoms with E-state index in [9.17, 15) is 0 Å². The van der Waals surface area contributed by atoms with Crippen LogP contribution in [0, 0.1) is 0 Å². The van der Waals surface area contributed by atoms with Gasteiger partial charge in [0.15, 0.2) is 17.5 Å². The molecule has 11 rings (SSSR count). The number of hydrogen-bond donors (Lipinski definition) is 0. The molecule has 2 aromatic heterocycles. The van der Waals surface area contributed by atoms with Crippen LogP contribution in [0.15, 0.2) is 201 Å². The first-order valence-corrected chi connectivity index (χ1v) is 19.2. The fraction of sp³-hybridized carbons (Fsp3) is 0. The molecule has 0 saturated carbocycles. The van der Waals surface area contributed by atoms with Crippen LogP contribution in [0.3, 0.4) is 0 Å². The van der Waals surface area contributed by atoms with Crippen LogP contribution in [-0.2, 0) is 0 Å². The van der Waals surface area contributed by atoms with Gasteiger partial charge in [0, 0.05) is 38.7 Å². The Morgan fingerprint density at radius 2 is 0.860 bits per heavy atom. The Hall–Kier alpha value is -7.69. The minimum atomic E-state index is 0.636. The molecular weight excluding hydrogens is 693 g/mol. The third kappa shape index (κ3) is 5.50. The van der Waals surface area contributed by atoms with Crippen molar-refractivity contribution in [1.29, 1.82) is 0 Å². The standard InChI is InChI=1S/C53H34N4/c1-34-42-29-27-39(37-19-13-20-38(31-37)40-28-30-49-46(32-40)44-23-11-12-26-48(44)57(49)41-21-9-4-10-22-41)33-47(42)50-43(34)24-14-25-45(50)53-55-51(35-15-5-2-6-16-35)54-52(56-53)36-17-7-3-8-18-36/h2-33H,1H2. The van der Waals surface area contributed by atoms with Crippen molar-refractivity contribution in [2.75, 3.05) is 0 Å². The Morgan fingerprint density at radius 1 is 0.333 bits per heavy atom. The van der Waals surface area contributed by atoms with Gasteiger partial charge in [0.2, 0.25) is 0 Å². The number of nitrogens with zero attached hydrogens (tertiary/aromatic N) is 4. The molecule has 0 radical (unpaired) electrons. The normalized spacial score (nSPS) is 11.9. The van der Waals surface area contributed by atoms with Crippen molar-refractivity contribution in [2.45, 2.75) is 0 Å². The summed E-state index contributed by atoms with van der Waals surface area (Å²) >= 11 is 0. The van der Waals surface area contributed by atoms with E-state index in [2.05, 4.69) is 145 Å². The number of fused-ring (bicyclic) bond motifs is 6. The SMILES string of the molecule is C=C1c2ccc(-c3cccc(-c4ccc5c(c4)c4ccccc4n5-c4ccccc4)c3)cc2-c2c1cccc2-c1nc(-c2ccccc2)nc(-c2ccccc2)n1. The fourth-order valence-corrected chi connectivity index (χ4v) is 8.43. The molecule has 0 atom stereocenters. The minimum Gasteiger partial charge on any atom is -0.309 e.